The van der Waals surface area contributed by atoms with Crippen LogP contribution in [0.4, 0.5) is 0 Å². The molecule has 0 aromatic heterocycles. The maximum atomic E-state index is 11.7. The van der Waals surface area contributed by atoms with Crippen LogP contribution in [0, 0.1) is 6.92 Å². The predicted octanol–water partition coefficient (Wildman–Crippen LogP) is 1.23. The number of rotatable bonds is 7. The summed E-state index contributed by atoms with van der Waals surface area (Å²) in [5.74, 6) is 0.649. The van der Waals surface area contributed by atoms with E-state index in [4.69, 9.17) is 5.73 Å². The highest BCUT2D eigenvalue weighted by atomic mass is 32.2. The molecule has 0 saturated carbocycles. The zero-order valence-electron chi connectivity index (χ0n) is 11.4. The molecular weight excluding hydrogens is 260 g/mol. The molecule has 1 amide bonds. The normalized spacial score (nSPS) is 13.9. The Balaban J connectivity index is 2.41. The first-order chi connectivity index (χ1) is 9.04. The standard InChI is InChI=1S/C14H22N2O2S/c1-10-4-3-5-11(8-10)13(17)9-16-14(18)12(15)6-7-19-2/h3-5,8,12-13,17H,6-7,9,15H2,1-2H3,(H,16,18). The third-order valence-corrected chi connectivity index (χ3v) is 3.51. The molecule has 0 fully saturated rings. The molecule has 2 unspecified atom stereocenters. The van der Waals surface area contributed by atoms with Gasteiger partial charge in [0.15, 0.2) is 0 Å². The van der Waals surface area contributed by atoms with Gasteiger partial charge in [0.25, 0.3) is 0 Å². The smallest absolute Gasteiger partial charge is 0.237 e. The molecule has 19 heavy (non-hydrogen) atoms. The van der Waals surface area contributed by atoms with Gasteiger partial charge in [-0.2, -0.15) is 11.8 Å². The quantitative estimate of drug-likeness (QED) is 0.703. The van der Waals surface area contributed by atoms with E-state index in [1.165, 1.54) is 0 Å². The second kappa shape index (κ2) is 8.19. The first-order valence-electron chi connectivity index (χ1n) is 6.31. The highest BCUT2D eigenvalue weighted by Crippen LogP contribution is 2.13. The number of hydrogen-bond acceptors (Lipinski definition) is 4. The van der Waals surface area contributed by atoms with Gasteiger partial charge >= 0.3 is 0 Å². The number of amides is 1. The molecule has 1 aromatic carbocycles. The van der Waals surface area contributed by atoms with Crippen molar-refractivity contribution >= 4 is 17.7 Å². The van der Waals surface area contributed by atoms with Gasteiger partial charge in [-0.15, -0.1) is 0 Å². The molecular formula is C14H22N2O2S. The summed E-state index contributed by atoms with van der Waals surface area (Å²) < 4.78 is 0. The lowest BCUT2D eigenvalue weighted by Gasteiger charge is -2.15. The van der Waals surface area contributed by atoms with Gasteiger partial charge < -0.3 is 16.2 Å². The Bertz CT molecular complexity index is 412. The van der Waals surface area contributed by atoms with Crippen LogP contribution in [0.3, 0.4) is 0 Å². The molecule has 5 heteroatoms. The van der Waals surface area contributed by atoms with Crippen LogP contribution in [0.5, 0.6) is 0 Å². The van der Waals surface area contributed by atoms with E-state index in [9.17, 15) is 9.90 Å². The molecule has 0 aliphatic carbocycles. The minimum Gasteiger partial charge on any atom is -0.387 e. The van der Waals surface area contributed by atoms with E-state index in [0.29, 0.717) is 6.42 Å². The van der Waals surface area contributed by atoms with Gasteiger partial charge in [-0.1, -0.05) is 29.8 Å². The zero-order chi connectivity index (χ0) is 14.3. The largest absolute Gasteiger partial charge is 0.387 e. The van der Waals surface area contributed by atoms with Crippen LogP contribution in [0.15, 0.2) is 24.3 Å². The van der Waals surface area contributed by atoms with Crippen molar-refractivity contribution in [1.29, 1.82) is 0 Å². The van der Waals surface area contributed by atoms with E-state index in [1.807, 2.05) is 37.4 Å². The van der Waals surface area contributed by atoms with Crippen LogP contribution < -0.4 is 11.1 Å². The number of carbonyl (C=O) groups excluding carboxylic acids is 1. The number of nitrogens with two attached hydrogens (primary N) is 1. The third kappa shape index (κ3) is 5.63. The molecule has 1 rings (SSSR count). The lowest BCUT2D eigenvalue weighted by Crippen LogP contribution is -2.42. The van der Waals surface area contributed by atoms with E-state index in [1.54, 1.807) is 11.8 Å². The second-order valence-electron chi connectivity index (χ2n) is 4.56. The van der Waals surface area contributed by atoms with Crippen molar-refractivity contribution in [3.8, 4) is 0 Å². The molecule has 0 heterocycles. The Labute approximate surface area is 118 Å². The Hall–Kier alpha value is -1.04. The molecule has 106 valence electrons. The van der Waals surface area contributed by atoms with Crippen molar-refractivity contribution in [2.24, 2.45) is 5.73 Å². The van der Waals surface area contributed by atoms with Gasteiger partial charge in [0.2, 0.25) is 5.91 Å². The summed E-state index contributed by atoms with van der Waals surface area (Å²) in [7, 11) is 0. The monoisotopic (exact) mass is 282 g/mol. The van der Waals surface area contributed by atoms with E-state index in [2.05, 4.69) is 5.32 Å². The fourth-order valence-electron chi connectivity index (χ4n) is 1.70. The first kappa shape index (κ1) is 16.0. The fraction of sp³-hybridized carbons (Fsp3) is 0.500. The highest BCUT2D eigenvalue weighted by molar-refractivity contribution is 7.98. The minimum atomic E-state index is -0.698. The Kier molecular flexibility index (Phi) is 6.91. The van der Waals surface area contributed by atoms with Crippen molar-refractivity contribution in [2.45, 2.75) is 25.5 Å². The van der Waals surface area contributed by atoms with E-state index >= 15 is 0 Å². The summed E-state index contributed by atoms with van der Waals surface area (Å²) in [6, 6.07) is 7.10. The summed E-state index contributed by atoms with van der Waals surface area (Å²) in [5.41, 5.74) is 7.63. The van der Waals surface area contributed by atoms with Crippen LogP contribution in [-0.4, -0.2) is 35.6 Å². The van der Waals surface area contributed by atoms with Gasteiger partial charge in [-0.05, 0) is 30.9 Å². The van der Waals surface area contributed by atoms with Crippen molar-refractivity contribution in [3.63, 3.8) is 0 Å². The van der Waals surface area contributed by atoms with Crippen LogP contribution in [0.2, 0.25) is 0 Å². The van der Waals surface area contributed by atoms with Crippen LogP contribution in [0.1, 0.15) is 23.7 Å². The van der Waals surface area contributed by atoms with Gasteiger partial charge in [0, 0.05) is 6.54 Å². The van der Waals surface area contributed by atoms with Crippen LogP contribution in [0.25, 0.3) is 0 Å². The topological polar surface area (TPSA) is 75.4 Å². The zero-order valence-corrected chi connectivity index (χ0v) is 12.2. The Morgan fingerprint density at radius 3 is 2.89 bits per heavy atom. The highest BCUT2D eigenvalue weighted by Gasteiger charge is 2.15. The SMILES string of the molecule is CSCCC(N)C(=O)NCC(O)c1cccc(C)c1. The molecule has 0 aliphatic rings. The second-order valence-corrected chi connectivity index (χ2v) is 5.55. The van der Waals surface area contributed by atoms with Gasteiger partial charge in [-0.3, -0.25) is 4.79 Å². The van der Waals surface area contributed by atoms with Crippen molar-refractivity contribution in [3.05, 3.63) is 35.4 Å². The van der Waals surface area contributed by atoms with Crippen LogP contribution in [-0.2, 0) is 4.79 Å². The van der Waals surface area contributed by atoms with Crippen molar-refractivity contribution in [1.82, 2.24) is 5.32 Å². The summed E-state index contributed by atoms with van der Waals surface area (Å²) in [6.45, 7) is 2.16. The van der Waals surface area contributed by atoms with Gasteiger partial charge in [0.05, 0.1) is 12.1 Å². The van der Waals surface area contributed by atoms with E-state index < -0.39 is 12.1 Å². The molecule has 4 N–H and O–H groups in total. The maximum absolute atomic E-state index is 11.7. The maximum Gasteiger partial charge on any atom is 0.237 e. The molecule has 2 atom stereocenters. The molecule has 1 aromatic rings. The predicted molar refractivity (Wildman–Crippen MR) is 80.1 cm³/mol. The average molecular weight is 282 g/mol. The van der Waals surface area contributed by atoms with E-state index in [-0.39, 0.29) is 12.5 Å². The number of aliphatic hydroxyl groups excluding tert-OH is 1. The number of thioether (sulfide) groups is 1. The number of benzene rings is 1. The lowest BCUT2D eigenvalue weighted by molar-refractivity contribution is -0.122. The number of nitrogens with one attached hydrogen (secondary N) is 1. The van der Waals surface area contributed by atoms with Crippen molar-refractivity contribution < 1.29 is 9.90 Å². The number of carbonyl (C=O) groups is 1. The summed E-state index contributed by atoms with van der Waals surface area (Å²) in [5, 5.41) is 12.7. The first-order valence-corrected chi connectivity index (χ1v) is 7.71. The average Bonchev–Trinajstić information content (AvgIpc) is 2.41. The number of aliphatic hydroxyl groups is 1. The Morgan fingerprint density at radius 2 is 2.26 bits per heavy atom. The fourth-order valence-corrected chi connectivity index (χ4v) is 2.19. The summed E-state index contributed by atoms with van der Waals surface area (Å²) in [6.07, 6.45) is 1.93. The van der Waals surface area contributed by atoms with E-state index in [0.717, 1.165) is 16.9 Å². The van der Waals surface area contributed by atoms with Gasteiger partial charge in [0.1, 0.15) is 0 Å². The van der Waals surface area contributed by atoms with Gasteiger partial charge in [-0.25, -0.2) is 0 Å². The summed E-state index contributed by atoms with van der Waals surface area (Å²) >= 11 is 1.66. The van der Waals surface area contributed by atoms with Crippen molar-refractivity contribution in [2.75, 3.05) is 18.6 Å². The molecule has 0 radical (unpaired) electrons. The van der Waals surface area contributed by atoms with Crippen LogP contribution >= 0.6 is 11.8 Å². The molecule has 0 saturated heterocycles. The molecule has 0 aliphatic heterocycles. The minimum absolute atomic E-state index is 0.190. The molecule has 0 bridgehead atoms. The Morgan fingerprint density at radius 1 is 1.53 bits per heavy atom. The number of aryl methyl sites for hydroxylation is 1. The molecule has 4 nitrogen and oxygen atoms in total. The summed E-state index contributed by atoms with van der Waals surface area (Å²) in [4.78, 5) is 11.7. The lowest BCUT2D eigenvalue weighted by atomic mass is 10.1. The third-order valence-electron chi connectivity index (χ3n) is 2.87. The molecule has 0 spiro atoms. The number of hydrogen-bond donors (Lipinski definition) is 3.